The number of nitrogens with two attached hydrogens (primary N) is 1. The molecule has 1 atom stereocenters. The summed E-state index contributed by atoms with van der Waals surface area (Å²) in [5.41, 5.74) is 7.52. The Balaban J connectivity index is 2.09. The Morgan fingerprint density at radius 1 is 1.31 bits per heavy atom. The average molecular weight is 221 g/mol. The molecule has 2 saturated carbocycles. The van der Waals surface area contributed by atoms with E-state index < -0.39 is 0 Å². The fourth-order valence-electron chi connectivity index (χ4n) is 2.74. The standard InChI is InChI=1S/C12H19N3O/c1-7(8-3-4-8)15-12(16)10(13)11(14(15)2)9-5-6-9/h7-9H,3-6,13H2,1-2H3. The van der Waals surface area contributed by atoms with Crippen LogP contribution in [0.25, 0.3) is 0 Å². The minimum Gasteiger partial charge on any atom is -0.393 e. The molecule has 0 saturated heterocycles. The normalized spacial score (nSPS) is 22.4. The largest absolute Gasteiger partial charge is 0.393 e. The van der Waals surface area contributed by atoms with Crippen molar-refractivity contribution in [2.24, 2.45) is 13.0 Å². The summed E-state index contributed by atoms with van der Waals surface area (Å²) in [6.45, 7) is 2.13. The highest BCUT2D eigenvalue weighted by Crippen LogP contribution is 2.43. The second-order valence-electron chi connectivity index (χ2n) is 5.32. The van der Waals surface area contributed by atoms with E-state index in [2.05, 4.69) is 6.92 Å². The van der Waals surface area contributed by atoms with E-state index in [0.29, 0.717) is 23.6 Å². The first-order valence-corrected chi connectivity index (χ1v) is 6.18. The van der Waals surface area contributed by atoms with Crippen molar-refractivity contribution in [1.29, 1.82) is 0 Å². The Bertz CT molecular complexity index is 477. The van der Waals surface area contributed by atoms with Gasteiger partial charge in [-0.3, -0.25) is 9.48 Å². The lowest BCUT2D eigenvalue weighted by molar-refractivity contribution is 0.369. The zero-order chi connectivity index (χ0) is 11.4. The Hall–Kier alpha value is -1.19. The van der Waals surface area contributed by atoms with Crippen LogP contribution in [0.1, 0.15) is 50.3 Å². The molecule has 0 radical (unpaired) electrons. The Kier molecular flexibility index (Phi) is 1.97. The first kappa shape index (κ1) is 10.00. The molecule has 2 fully saturated rings. The molecule has 1 heterocycles. The summed E-state index contributed by atoms with van der Waals surface area (Å²) < 4.78 is 3.87. The molecule has 4 heteroatoms. The van der Waals surface area contributed by atoms with E-state index in [9.17, 15) is 4.79 Å². The maximum absolute atomic E-state index is 12.1. The third-order valence-electron chi connectivity index (χ3n) is 4.04. The molecule has 1 unspecified atom stereocenters. The molecule has 0 aliphatic heterocycles. The van der Waals surface area contributed by atoms with Gasteiger partial charge in [-0.05, 0) is 38.5 Å². The number of hydrogen-bond donors (Lipinski definition) is 1. The molecule has 0 amide bonds. The molecule has 3 rings (SSSR count). The van der Waals surface area contributed by atoms with E-state index in [4.69, 9.17) is 5.73 Å². The van der Waals surface area contributed by atoms with Crippen molar-refractivity contribution < 1.29 is 0 Å². The summed E-state index contributed by atoms with van der Waals surface area (Å²) in [6, 6.07) is 0.298. The summed E-state index contributed by atoms with van der Waals surface area (Å²) in [5, 5.41) is 0. The molecule has 16 heavy (non-hydrogen) atoms. The number of aromatic nitrogens is 2. The topological polar surface area (TPSA) is 52.9 Å². The number of hydrogen-bond acceptors (Lipinski definition) is 2. The number of nitrogen functional groups attached to an aromatic ring is 1. The Labute approximate surface area is 95.0 Å². The van der Waals surface area contributed by atoms with Crippen LogP contribution in [0, 0.1) is 5.92 Å². The van der Waals surface area contributed by atoms with Crippen LogP contribution in [0.2, 0.25) is 0 Å². The molecule has 88 valence electrons. The van der Waals surface area contributed by atoms with Gasteiger partial charge in [0.25, 0.3) is 5.56 Å². The Morgan fingerprint density at radius 2 is 1.94 bits per heavy atom. The van der Waals surface area contributed by atoms with Crippen molar-refractivity contribution >= 4 is 5.69 Å². The van der Waals surface area contributed by atoms with Gasteiger partial charge in [0.05, 0.1) is 11.7 Å². The molecular formula is C12H19N3O. The van der Waals surface area contributed by atoms with Crippen LogP contribution >= 0.6 is 0 Å². The van der Waals surface area contributed by atoms with Crippen LogP contribution in [0.5, 0.6) is 0 Å². The monoisotopic (exact) mass is 221 g/mol. The fraction of sp³-hybridized carbons (Fsp3) is 0.750. The van der Waals surface area contributed by atoms with Gasteiger partial charge in [-0.25, -0.2) is 4.68 Å². The maximum Gasteiger partial charge on any atom is 0.290 e. The lowest BCUT2D eigenvalue weighted by Gasteiger charge is -2.16. The van der Waals surface area contributed by atoms with E-state index in [1.165, 1.54) is 25.7 Å². The van der Waals surface area contributed by atoms with Crippen LogP contribution in [0.15, 0.2) is 4.79 Å². The van der Waals surface area contributed by atoms with Gasteiger partial charge in [-0.15, -0.1) is 0 Å². The van der Waals surface area contributed by atoms with Crippen LogP contribution in [-0.2, 0) is 7.05 Å². The van der Waals surface area contributed by atoms with Gasteiger partial charge in [0.2, 0.25) is 0 Å². The number of nitrogens with zero attached hydrogens (tertiary/aromatic N) is 2. The van der Waals surface area contributed by atoms with E-state index in [-0.39, 0.29) is 5.56 Å². The lowest BCUT2D eigenvalue weighted by Crippen LogP contribution is -2.27. The maximum atomic E-state index is 12.1. The zero-order valence-corrected chi connectivity index (χ0v) is 9.94. The van der Waals surface area contributed by atoms with E-state index >= 15 is 0 Å². The molecule has 1 aromatic rings. The third kappa shape index (κ3) is 1.32. The SMILES string of the molecule is CC(C1CC1)n1c(=O)c(N)c(C2CC2)n1C. The van der Waals surface area contributed by atoms with Crippen molar-refractivity contribution in [2.75, 3.05) is 5.73 Å². The molecule has 2 aliphatic carbocycles. The van der Waals surface area contributed by atoms with Crippen molar-refractivity contribution in [1.82, 2.24) is 9.36 Å². The summed E-state index contributed by atoms with van der Waals surface area (Å²) in [6.07, 6.45) is 4.85. The summed E-state index contributed by atoms with van der Waals surface area (Å²) in [7, 11) is 1.98. The van der Waals surface area contributed by atoms with Gasteiger partial charge in [-0.2, -0.15) is 0 Å². The van der Waals surface area contributed by atoms with Crippen molar-refractivity contribution in [3.05, 3.63) is 16.0 Å². The molecule has 4 nitrogen and oxygen atoms in total. The zero-order valence-electron chi connectivity index (χ0n) is 9.94. The van der Waals surface area contributed by atoms with Crippen molar-refractivity contribution in [3.8, 4) is 0 Å². The van der Waals surface area contributed by atoms with Gasteiger partial charge in [0.15, 0.2) is 0 Å². The van der Waals surface area contributed by atoms with Gasteiger partial charge in [-0.1, -0.05) is 0 Å². The van der Waals surface area contributed by atoms with E-state index in [1.54, 1.807) is 0 Å². The molecule has 2 aliphatic rings. The summed E-state index contributed by atoms with van der Waals surface area (Å²) in [5.74, 6) is 1.21. The van der Waals surface area contributed by atoms with Gasteiger partial charge in [0.1, 0.15) is 5.69 Å². The van der Waals surface area contributed by atoms with E-state index in [1.807, 2.05) is 16.4 Å². The molecule has 1 aromatic heterocycles. The fourth-order valence-corrected chi connectivity index (χ4v) is 2.74. The predicted molar refractivity (Wildman–Crippen MR) is 63.5 cm³/mol. The van der Waals surface area contributed by atoms with Crippen LogP contribution in [-0.4, -0.2) is 9.36 Å². The predicted octanol–water partition coefficient (Wildman–Crippen LogP) is 1.62. The second-order valence-corrected chi connectivity index (χ2v) is 5.32. The first-order chi connectivity index (χ1) is 7.61. The highest BCUT2D eigenvalue weighted by Gasteiger charge is 2.36. The van der Waals surface area contributed by atoms with Crippen LogP contribution in [0.4, 0.5) is 5.69 Å². The highest BCUT2D eigenvalue weighted by atomic mass is 16.1. The number of rotatable bonds is 3. The minimum atomic E-state index is 0.0174. The minimum absolute atomic E-state index is 0.0174. The highest BCUT2D eigenvalue weighted by molar-refractivity contribution is 5.45. The van der Waals surface area contributed by atoms with Gasteiger partial charge < -0.3 is 5.73 Å². The van der Waals surface area contributed by atoms with Gasteiger partial charge in [0, 0.05) is 13.0 Å². The van der Waals surface area contributed by atoms with Crippen molar-refractivity contribution in [2.45, 2.75) is 44.6 Å². The van der Waals surface area contributed by atoms with Crippen LogP contribution < -0.4 is 11.3 Å². The first-order valence-electron chi connectivity index (χ1n) is 6.18. The average Bonchev–Trinajstić information content (AvgIpc) is 3.11. The lowest BCUT2D eigenvalue weighted by atomic mass is 10.2. The summed E-state index contributed by atoms with van der Waals surface area (Å²) in [4.78, 5) is 12.1. The molecular weight excluding hydrogens is 202 g/mol. The smallest absolute Gasteiger partial charge is 0.290 e. The summed E-state index contributed by atoms with van der Waals surface area (Å²) >= 11 is 0. The molecule has 0 spiro atoms. The second kappa shape index (κ2) is 3.15. The van der Waals surface area contributed by atoms with Gasteiger partial charge >= 0.3 is 0 Å². The van der Waals surface area contributed by atoms with Crippen LogP contribution in [0.3, 0.4) is 0 Å². The van der Waals surface area contributed by atoms with Crippen molar-refractivity contribution in [3.63, 3.8) is 0 Å². The van der Waals surface area contributed by atoms with E-state index in [0.717, 1.165) is 5.69 Å². The number of anilines is 1. The molecule has 0 bridgehead atoms. The quantitative estimate of drug-likeness (QED) is 0.843. The molecule has 2 N–H and O–H groups in total. The molecule has 0 aromatic carbocycles. The third-order valence-corrected chi connectivity index (χ3v) is 4.04. The Morgan fingerprint density at radius 3 is 2.44 bits per heavy atom.